The van der Waals surface area contributed by atoms with Gasteiger partial charge in [-0.3, -0.25) is 4.99 Å². The van der Waals surface area contributed by atoms with E-state index in [2.05, 4.69) is 27.3 Å². The minimum atomic E-state index is -3.07. The number of guanidine groups is 1. The highest BCUT2D eigenvalue weighted by Gasteiger charge is 2.04. The van der Waals surface area contributed by atoms with Crippen LogP contribution in [0.1, 0.15) is 33.6 Å². The molecule has 0 unspecified atom stereocenters. The zero-order valence-corrected chi connectivity index (χ0v) is 15.2. The number of halogens is 1. The van der Waals surface area contributed by atoms with E-state index in [1.54, 1.807) is 6.92 Å². The van der Waals surface area contributed by atoms with Crippen molar-refractivity contribution >= 4 is 40.0 Å². The van der Waals surface area contributed by atoms with Crippen LogP contribution in [0.25, 0.3) is 0 Å². The lowest BCUT2D eigenvalue weighted by atomic mass is 10.4. The largest absolute Gasteiger partial charge is 0.357 e. The van der Waals surface area contributed by atoms with E-state index in [0.29, 0.717) is 13.1 Å². The van der Waals surface area contributed by atoms with Crippen LogP contribution in [0.15, 0.2) is 4.99 Å². The van der Waals surface area contributed by atoms with Gasteiger partial charge >= 0.3 is 0 Å². The summed E-state index contributed by atoms with van der Waals surface area (Å²) < 4.78 is 24.9. The van der Waals surface area contributed by atoms with Crippen LogP contribution in [0.4, 0.5) is 0 Å². The average Bonchev–Trinajstić information content (AvgIpc) is 2.35. The van der Waals surface area contributed by atoms with Gasteiger partial charge in [0.1, 0.15) is 0 Å². The van der Waals surface area contributed by atoms with Crippen molar-refractivity contribution in [1.29, 1.82) is 0 Å². The molecule has 0 aromatic carbocycles. The first kappa shape index (κ1) is 21.2. The molecule has 0 aliphatic rings. The van der Waals surface area contributed by atoms with Crippen molar-refractivity contribution in [3.63, 3.8) is 0 Å². The Hall–Kier alpha value is -0.0900. The summed E-state index contributed by atoms with van der Waals surface area (Å²) in [5, 5.41) is 6.30. The van der Waals surface area contributed by atoms with Crippen LogP contribution in [0.5, 0.6) is 0 Å². The van der Waals surface area contributed by atoms with Crippen molar-refractivity contribution < 1.29 is 8.42 Å². The molecule has 0 amide bonds. The molecule has 0 heterocycles. The topological polar surface area (TPSA) is 82.6 Å². The van der Waals surface area contributed by atoms with E-state index in [1.807, 2.05) is 6.92 Å². The summed E-state index contributed by atoms with van der Waals surface area (Å²) in [5.41, 5.74) is 0. The Kier molecular flexibility index (Phi) is 14.4. The quantitative estimate of drug-likeness (QED) is 0.230. The second kappa shape index (κ2) is 12.9. The van der Waals surface area contributed by atoms with Crippen LogP contribution in [0.3, 0.4) is 0 Å². The first-order chi connectivity index (χ1) is 8.55. The van der Waals surface area contributed by atoms with Crippen molar-refractivity contribution in [1.82, 2.24) is 15.4 Å². The van der Waals surface area contributed by atoms with Gasteiger partial charge < -0.3 is 10.6 Å². The standard InChI is InChI=1S/C11H26N4O2S.HI/c1-4-8-13-11(12-5-2)14-9-7-10-15-18(16,17)6-3;/h15H,4-10H2,1-3H3,(H2,12,13,14);1H. The molecular formula is C11H27IN4O2S. The normalized spacial score (nSPS) is 11.8. The molecule has 19 heavy (non-hydrogen) atoms. The molecule has 0 radical (unpaired) electrons. The molecule has 8 heteroatoms. The minimum absolute atomic E-state index is 0. The molecule has 116 valence electrons. The highest BCUT2D eigenvalue weighted by Crippen LogP contribution is 1.84. The van der Waals surface area contributed by atoms with Gasteiger partial charge in [-0.25, -0.2) is 13.1 Å². The number of nitrogens with zero attached hydrogens (tertiary/aromatic N) is 1. The van der Waals surface area contributed by atoms with Gasteiger partial charge in [0.25, 0.3) is 0 Å². The number of aliphatic imine (C=N–C) groups is 1. The van der Waals surface area contributed by atoms with Gasteiger partial charge in [0, 0.05) is 26.2 Å². The molecule has 0 atom stereocenters. The van der Waals surface area contributed by atoms with Gasteiger partial charge in [0.05, 0.1) is 5.75 Å². The Morgan fingerprint density at radius 1 is 1.11 bits per heavy atom. The molecule has 6 nitrogen and oxygen atoms in total. The van der Waals surface area contributed by atoms with E-state index in [9.17, 15) is 8.42 Å². The summed E-state index contributed by atoms with van der Waals surface area (Å²) in [4.78, 5) is 4.35. The van der Waals surface area contributed by atoms with Crippen molar-refractivity contribution in [2.75, 3.05) is 31.9 Å². The Bertz CT molecular complexity index is 334. The van der Waals surface area contributed by atoms with Crippen LogP contribution in [0, 0.1) is 0 Å². The van der Waals surface area contributed by atoms with Crippen molar-refractivity contribution in [3.05, 3.63) is 0 Å². The Morgan fingerprint density at radius 2 is 1.79 bits per heavy atom. The van der Waals surface area contributed by atoms with E-state index in [1.165, 1.54) is 0 Å². The summed E-state index contributed by atoms with van der Waals surface area (Å²) in [6.07, 6.45) is 1.74. The van der Waals surface area contributed by atoms with Crippen LogP contribution in [-0.2, 0) is 10.0 Å². The molecule has 0 aromatic heterocycles. The number of hydrogen-bond acceptors (Lipinski definition) is 3. The molecule has 0 aliphatic heterocycles. The predicted molar refractivity (Wildman–Crippen MR) is 91.8 cm³/mol. The monoisotopic (exact) mass is 406 g/mol. The summed E-state index contributed by atoms with van der Waals surface area (Å²) in [6, 6.07) is 0. The number of sulfonamides is 1. The fourth-order valence-electron chi connectivity index (χ4n) is 1.19. The first-order valence-electron chi connectivity index (χ1n) is 6.55. The lowest BCUT2D eigenvalue weighted by Gasteiger charge is -2.11. The number of nitrogens with one attached hydrogen (secondary N) is 3. The third-order valence-corrected chi connectivity index (χ3v) is 3.59. The molecule has 3 N–H and O–H groups in total. The maximum Gasteiger partial charge on any atom is 0.211 e. The highest BCUT2D eigenvalue weighted by atomic mass is 127. The smallest absolute Gasteiger partial charge is 0.211 e. The van der Waals surface area contributed by atoms with Crippen LogP contribution in [-0.4, -0.2) is 46.3 Å². The predicted octanol–water partition coefficient (Wildman–Crippen LogP) is 0.899. The number of hydrogen-bond donors (Lipinski definition) is 3. The summed E-state index contributed by atoms with van der Waals surface area (Å²) >= 11 is 0. The minimum Gasteiger partial charge on any atom is -0.357 e. The van der Waals surface area contributed by atoms with Crippen molar-refractivity contribution in [3.8, 4) is 0 Å². The molecule has 0 saturated heterocycles. The molecule has 0 rings (SSSR count). The summed E-state index contributed by atoms with van der Waals surface area (Å²) in [6.45, 7) is 8.47. The van der Waals surface area contributed by atoms with E-state index in [0.717, 1.165) is 31.9 Å². The molecule has 0 saturated carbocycles. The van der Waals surface area contributed by atoms with Crippen molar-refractivity contribution in [2.24, 2.45) is 4.99 Å². The molecule has 0 aromatic rings. The summed E-state index contributed by atoms with van der Waals surface area (Å²) in [5.74, 6) is 0.916. The molecular weight excluding hydrogens is 379 g/mol. The number of rotatable bonds is 9. The van der Waals surface area contributed by atoms with E-state index in [4.69, 9.17) is 0 Å². The van der Waals surface area contributed by atoms with Gasteiger partial charge in [0.2, 0.25) is 10.0 Å². The van der Waals surface area contributed by atoms with Gasteiger partial charge in [0.15, 0.2) is 5.96 Å². The second-order valence-corrected chi connectivity index (χ2v) is 5.93. The summed E-state index contributed by atoms with van der Waals surface area (Å²) in [7, 11) is -3.07. The zero-order valence-electron chi connectivity index (χ0n) is 12.0. The first-order valence-corrected chi connectivity index (χ1v) is 8.20. The zero-order chi connectivity index (χ0) is 13.9. The lowest BCUT2D eigenvalue weighted by Crippen LogP contribution is -2.39. The Morgan fingerprint density at radius 3 is 2.32 bits per heavy atom. The van der Waals surface area contributed by atoms with E-state index in [-0.39, 0.29) is 29.7 Å². The average molecular weight is 406 g/mol. The van der Waals surface area contributed by atoms with E-state index >= 15 is 0 Å². The maximum absolute atomic E-state index is 11.2. The van der Waals surface area contributed by atoms with Crippen molar-refractivity contribution in [2.45, 2.75) is 33.6 Å². The third-order valence-electron chi connectivity index (χ3n) is 2.19. The highest BCUT2D eigenvalue weighted by molar-refractivity contribution is 14.0. The van der Waals surface area contributed by atoms with Crippen LogP contribution in [0.2, 0.25) is 0 Å². The lowest BCUT2D eigenvalue weighted by molar-refractivity contribution is 0.579. The maximum atomic E-state index is 11.2. The second-order valence-electron chi connectivity index (χ2n) is 3.84. The van der Waals surface area contributed by atoms with E-state index < -0.39 is 10.0 Å². The third kappa shape index (κ3) is 12.7. The SMILES string of the molecule is CCCN=C(NCC)NCCCNS(=O)(=O)CC.I. The van der Waals surface area contributed by atoms with Gasteiger partial charge in [-0.15, -0.1) is 24.0 Å². The molecule has 0 spiro atoms. The molecule has 0 fully saturated rings. The van der Waals surface area contributed by atoms with Gasteiger partial charge in [-0.1, -0.05) is 6.92 Å². The fourth-order valence-corrected chi connectivity index (χ4v) is 1.85. The fraction of sp³-hybridized carbons (Fsp3) is 0.909. The molecule has 0 aliphatic carbocycles. The molecule has 0 bridgehead atoms. The Balaban J connectivity index is 0. The van der Waals surface area contributed by atoms with Crippen LogP contribution < -0.4 is 15.4 Å². The van der Waals surface area contributed by atoms with Gasteiger partial charge in [-0.2, -0.15) is 0 Å². The van der Waals surface area contributed by atoms with Gasteiger partial charge in [-0.05, 0) is 26.7 Å². The Labute approximate surface area is 134 Å². The van der Waals surface area contributed by atoms with Crippen LogP contribution >= 0.6 is 24.0 Å².